The fraction of sp³-hybridized carbons (Fsp3) is 0.667. The summed E-state index contributed by atoms with van der Waals surface area (Å²) in [5.74, 6) is 0.560. The highest BCUT2D eigenvalue weighted by molar-refractivity contribution is 5.38. The molecule has 0 unspecified atom stereocenters. The van der Waals surface area contributed by atoms with Crippen LogP contribution in [0, 0.1) is 0 Å². The molecule has 94 valence electrons. The van der Waals surface area contributed by atoms with Crippen molar-refractivity contribution in [2.75, 3.05) is 18.0 Å². The first-order valence-electron chi connectivity index (χ1n) is 6.30. The third-order valence-corrected chi connectivity index (χ3v) is 3.39. The molecule has 17 heavy (non-hydrogen) atoms. The molecule has 0 saturated heterocycles. The van der Waals surface area contributed by atoms with Gasteiger partial charge in [0.25, 0.3) is 5.56 Å². The molecule has 0 aliphatic heterocycles. The van der Waals surface area contributed by atoms with Crippen LogP contribution >= 0.6 is 0 Å². The summed E-state index contributed by atoms with van der Waals surface area (Å²) in [5.41, 5.74) is 5.62. The lowest BCUT2D eigenvalue weighted by Gasteiger charge is -2.37. The van der Waals surface area contributed by atoms with Crippen LogP contribution in [0.5, 0.6) is 0 Å². The van der Waals surface area contributed by atoms with Crippen molar-refractivity contribution in [1.82, 2.24) is 9.55 Å². The number of hydrogen-bond donors (Lipinski definition) is 1. The molecule has 0 radical (unpaired) electrons. The molecule has 1 fully saturated rings. The number of aromatic nitrogens is 2. The third-order valence-electron chi connectivity index (χ3n) is 3.39. The fourth-order valence-corrected chi connectivity index (χ4v) is 2.18. The van der Waals surface area contributed by atoms with E-state index in [1.165, 1.54) is 6.42 Å². The maximum atomic E-state index is 12.2. The lowest BCUT2D eigenvalue weighted by Crippen LogP contribution is -2.46. The molecule has 0 spiro atoms. The van der Waals surface area contributed by atoms with E-state index < -0.39 is 0 Å². The van der Waals surface area contributed by atoms with E-state index in [0.717, 1.165) is 12.8 Å². The highest BCUT2D eigenvalue weighted by Crippen LogP contribution is 2.26. The molecular weight excluding hydrogens is 216 g/mol. The van der Waals surface area contributed by atoms with Crippen LogP contribution in [0.3, 0.4) is 0 Å². The van der Waals surface area contributed by atoms with Gasteiger partial charge in [-0.2, -0.15) is 0 Å². The van der Waals surface area contributed by atoms with Crippen LogP contribution in [0.15, 0.2) is 17.2 Å². The predicted octanol–water partition coefficient (Wildman–Crippen LogP) is 0.581. The Balaban J connectivity index is 2.31. The summed E-state index contributed by atoms with van der Waals surface area (Å²) in [6, 6.07) is 0.450. The zero-order valence-corrected chi connectivity index (χ0v) is 10.3. The Labute approximate surface area is 101 Å². The van der Waals surface area contributed by atoms with Crippen molar-refractivity contribution in [1.29, 1.82) is 0 Å². The van der Waals surface area contributed by atoms with E-state index in [1.807, 2.05) is 6.92 Å². The van der Waals surface area contributed by atoms with Crippen LogP contribution < -0.4 is 16.2 Å². The van der Waals surface area contributed by atoms with E-state index in [0.29, 0.717) is 31.5 Å². The Hall–Kier alpha value is -1.36. The molecule has 1 heterocycles. The highest BCUT2D eigenvalue weighted by atomic mass is 16.1. The summed E-state index contributed by atoms with van der Waals surface area (Å²) in [4.78, 5) is 18.5. The number of anilines is 1. The highest BCUT2D eigenvalue weighted by Gasteiger charge is 2.27. The molecule has 0 atom stereocenters. The second kappa shape index (κ2) is 5.31. The van der Waals surface area contributed by atoms with E-state index in [-0.39, 0.29) is 5.56 Å². The van der Waals surface area contributed by atoms with E-state index >= 15 is 0 Å². The van der Waals surface area contributed by atoms with Gasteiger partial charge in [-0.05, 0) is 26.2 Å². The van der Waals surface area contributed by atoms with Crippen LogP contribution in [0.1, 0.15) is 26.2 Å². The maximum absolute atomic E-state index is 12.2. The van der Waals surface area contributed by atoms with Crippen molar-refractivity contribution in [3.63, 3.8) is 0 Å². The van der Waals surface area contributed by atoms with Gasteiger partial charge >= 0.3 is 0 Å². The van der Waals surface area contributed by atoms with E-state index in [2.05, 4.69) is 9.88 Å². The van der Waals surface area contributed by atoms with Gasteiger partial charge in [-0.15, -0.1) is 0 Å². The summed E-state index contributed by atoms with van der Waals surface area (Å²) >= 11 is 0. The molecule has 1 aliphatic carbocycles. The molecule has 1 aromatic rings. The third kappa shape index (κ3) is 2.34. The minimum absolute atomic E-state index is 0.00431. The molecule has 2 N–H and O–H groups in total. The first-order valence-corrected chi connectivity index (χ1v) is 6.30. The summed E-state index contributed by atoms with van der Waals surface area (Å²) in [6.45, 7) is 3.90. The zero-order valence-electron chi connectivity index (χ0n) is 10.3. The Morgan fingerprint density at radius 1 is 1.59 bits per heavy atom. The van der Waals surface area contributed by atoms with Crippen molar-refractivity contribution >= 4 is 5.82 Å². The van der Waals surface area contributed by atoms with Gasteiger partial charge < -0.3 is 15.2 Å². The number of nitrogens with zero attached hydrogens (tertiary/aromatic N) is 3. The van der Waals surface area contributed by atoms with Gasteiger partial charge in [-0.25, -0.2) is 4.98 Å². The first kappa shape index (κ1) is 12.1. The molecule has 0 bridgehead atoms. The van der Waals surface area contributed by atoms with Crippen LogP contribution in [-0.2, 0) is 6.54 Å². The van der Waals surface area contributed by atoms with Crippen LogP contribution in [-0.4, -0.2) is 28.7 Å². The molecule has 5 nitrogen and oxygen atoms in total. The number of rotatable bonds is 5. The zero-order chi connectivity index (χ0) is 12.3. The van der Waals surface area contributed by atoms with Gasteiger partial charge in [-0.3, -0.25) is 4.79 Å². The van der Waals surface area contributed by atoms with Gasteiger partial charge in [0.2, 0.25) is 0 Å². The number of hydrogen-bond acceptors (Lipinski definition) is 4. The molecule has 0 aromatic carbocycles. The van der Waals surface area contributed by atoms with E-state index in [1.54, 1.807) is 17.0 Å². The standard InChI is InChI=1S/C12H20N4O/c1-2-15-9-7-14-11(12(15)17)16(8-6-13)10-4-3-5-10/h7,9-10H,2-6,8,13H2,1H3. The molecule has 2 rings (SSSR count). The predicted molar refractivity (Wildman–Crippen MR) is 68.2 cm³/mol. The van der Waals surface area contributed by atoms with Gasteiger partial charge in [-0.1, -0.05) is 0 Å². The first-order chi connectivity index (χ1) is 8.27. The molecule has 1 saturated carbocycles. The minimum Gasteiger partial charge on any atom is -0.348 e. The minimum atomic E-state index is -0.00431. The van der Waals surface area contributed by atoms with Crippen molar-refractivity contribution in [3.8, 4) is 0 Å². The average Bonchev–Trinajstić information content (AvgIpc) is 2.26. The fourth-order valence-electron chi connectivity index (χ4n) is 2.18. The Kier molecular flexibility index (Phi) is 3.78. The van der Waals surface area contributed by atoms with Crippen LogP contribution in [0.25, 0.3) is 0 Å². The number of aryl methyl sites for hydroxylation is 1. The van der Waals surface area contributed by atoms with E-state index in [9.17, 15) is 4.79 Å². The molecule has 1 aromatic heterocycles. The van der Waals surface area contributed by atoms with Crippen molar-refractivity contribution in [2.45, 2.75) is 38.8 Å². The summed E-state index contributed by atoms with van der Waals surface area (Å²) in [6.07, 6.45) is 6.94. The van der Waals surface area contributed by atoms with Crippen LogP contribution in [0.4, 0.5) is 5.82 Å². The second-order valence-corrected chi connectivity index (χ2v) is 4.41. The molecule has 1 aliphatic rings. The summed E-state index contributed by atoms with van der Waals surface area (Å²) in [5, 5.41) is 0. The van der Waals surface area contributed by atoms with Gasteiger partial charge in [0.05, 0.1) is 0 Å². The second-order valence-electron chi connectivity index (χ2n) is 4.41. The SMILES string of the molecule is CCn1ccnc(N(CCN)C2CCC2)c1=O. The van der Waals surface area contributed by atoms with Crippen LogP contribution in [0.2, 0.25) is 0 Å². The Morgan fingerprint density at radius 2 is 2.35 bits per heavy atom. The van der Waals surface area contributed by atoms with Gasteiger partial charge in [0.1, 0.15) is 0 Å². The van der Waals surface area contributed by atoms with E-state index in [4.69, 9.17) is 5.73 Å². The Morgan fingerprint density at radius 3 is 2.88 bits per heavy atom. The summed E-state index contributed by atoms with van der Waals surface area (Å²) < 4.78 is 1.69. The van der Waals surface area contributed by atoms with Crippen molar-refractivity contribution in [2.24, 2.45) is 5.73 Å². The largest absolute Gasteiger partial charge is 0.348 e. The lowest BCUT2D eigenvalue weighted by atomic mass is 9.91. The molecule has 0 amide bonds. The molecular formula is C12H20N4O. The normalized spacial score (nSPS) is 15.6. The lowest BCUT2D eigenvalue weighted by molar-refractivity contribution is 0.384. The molecule has 5 heteroatoms. The smallest absolute Gasteiger partial charge is 0.293 e. The summed E-state index contributed by atoms with van der Waals surface area (Å²) in [7, 11) is 0. The van der Waals surface area contributed by atoms with Gasteiger partial charge in [0.15, 0.2) is 5.82 Å². The Bertz CT molecular complexity index is 425. The average molecular weight is 236 g/mol. The van der Waals surface area contributed by atoms with Crippen molar-refractivity contribution < 1.29 is 0 Å². The monoisotopic (exact) mass is 236 g/mol. The maximum Gasteiger partial charge on any atom is 0.293 e. The van der Waals surface area contributed by atoms with Gasteiger partial charge in [0, 0.05) is 38.1 Å². The quantitative estimate of drug-likeness (QED) is 0.812. The number of nitrogens with two attached hydrogens (primary N) is 1. The van der Waals surface area contributed by atoms with Crippen molar-refractivity contribution in [3.05, 3.63) is 22.7 Å². The topological polar surface area (TPSA) is 64.2 Å².